The van der Waals surface area contributed by atoms with E-state index in [0.717, 1.165) is 16.5 Å². The van der Waals surface area contributed by atoms with E-state index in [9.17, 15) is 5.11 Å². The van der Waals surface area contributed by atoms with E-state index in [1.54, 1.807) is 0 Å². The number of nitrogens with one attached hydrogen (secondary N) is 1. The van der Waals surface area contributed by atoms with Gasteiger partial charge in [0.05, 0.1) is 19.3 Å². The normalized spacial score (nSPS) is 18.8. The maximum Gasteiger partial charge on any atom is 0.0897 e. The van der Waals surface area contributed by atoms with E-state index in [1.165, 1.54) is 25.7 Å². The second-order valence-corrected chi connectivity index (χ2v) is 6.47. The van der Waals surface area contributed by atoms with Crippen LogP contribution >= 0.6 is 11.6 Å². The summed E-state index contributed by atoms with van der Waals surface area (Å²) >= 11 is 5.83. The molecule has 0 radical (unpaired) electrons. The number of halogens is 1. The summed E-state index contributed by atoms with van der Waals surface area (Å²) in [6.45, 7) is 3.68. The molecule has 0 aromatic heterocycles. The van der Waals surface area contributed by atoms with Gasteiger partial charge in [-0.05, 0) is 43.4 Å². The van der Waals surface area contributed by atoms with Crippen molar-refractivity contribution < 1.29 is 9.84 Å². The fraction of sp³-hybridized carbons (Fsp3) is 0.647. The number of rotatable bonds is 8. The van der Waals surface area contributed by atoms with E-state index in [1.807, 2.05) is 24.3 Å². The molecule has 1 aromatic carbocycles. The van der Waals surface area contributed by atoms with Gasteiger partial charge in [-0.25, -0.2) is 0 Å². The van der Waals surface area contributed by atoms with Crippen molar-refractivity contribution in [3.63, 3.8) is 0 Å². The fourth-order valence-corrected chi connectivity index (χ4v) is 3.02. The second-order valence-electron chi connectivity index (χ2n) is 6.04. The van der Waals surface area contributed by atoms with Crippen molar-refractivity contribution in [2.45, 2.75) is 51.4 Å². The largest absolute Gasteiger partial charge is 0.389 e. The molecule has 1 aliphatic carbocycles. The molecule has 0 bridgehead atoms. The lowest BCUT2D eigenvalue weighted by atomic mass is 10.00. The van der Waals surface area contributed by atoms with Crippen LogP contribution in [0.1, 0.15) is 38.2 Å². The van der Waals surface area contributed by atoms with Crippen LogP contribution < -0.4 is 5.32 Å². The van der Waals surface area contributed by atoms with Crippen LogP contribution in [0.5, 0.6) is 0 Å². The molecular weight excluding hydrogens is 286 g/mol. The molecule has 0 saturated heterocycles. The van der Waals surface area contributed by atoms with Gasteiger partial charge in [-0.2, -0.15) is 0 Å². The number of benzene rings is 1. The van der Waals surface area contributed by atoms with Crippen LogP contribution in [0.2, 0.25) is 5.02 Å². The molecule has 0 heterocycles. The quantitative estimate of drug-likeness (QED) is 0.773. The Balaban J connectivity index is 1.58. The molecule has 2 rings (SSSR count). The van der Waals surface area contributed by atoms with E-state index in [4.69, 9.17) is 16.3 Å². The highest BCUT2D eigenvalue weighted by Gasteiger charge is 2.21. The summed E-state index contributed by atoms with van der Waals surface area (Å²) in [6, 6.07) is 8.06. The Kier molecular flexibility index (Phi) is 6.97. The zero-order valence-corrected chi connectivity index (χ0v) is 13.5. The summed E-state index contributed by atoms with van der Waals surface area (Å²) in [5.74, 6) is 0.771. The van der Waals surface area contributed by atoms with Crippen molar-refractivity contribution in [2.24, 2.45) is 5.92 Å². The maximum atomic E-state index is 9.95. The van der Waals surface area contributed by atoms with Gasteiger partial charge in [0.1, 0.15) is 0 Å². The summed E-state index contributed by atoms with van der Waals surface area (Å²) in [7, 11) is 0. The first-order valence-electron chi connectivity index (χ1n) is 7.89. The standard InChI is InChI=1S/C17H26ClNO2/c1-13(15-4-2-3-5-15)19-10-17(20)12-21-11-14-6-8-16(18)9-7-14/h6-9,13,15,17,19-20H,2-5,10-12H2,1H3/t13-,17?/m0/s1. The first kappa shape index (κ1) is 16.8. The van der Waals surface area contributed by atoms with Crippen molar-refractivity contribution in [3.8, 4) is 0 Å². The second kappa shape index (κ2) is 8.74. The van der Waals surface area contributed by atoms with Gasteiger partial charge in [-0.15, -0.1) is 0 Å². The lowest BCUT2D eigenvalue weighted by molar-refractivity contribution is 0.0270. The Labute approximate surface area is 132 Å². The highest BCUT2D eigenvalue weighted by Crippen LogP contribution is 2.27. The van der Waals surface area contributed by atoms with Gasteiger partial charge in [0.15, 0.2) is 0 Å². The zero-order valence-electron chi connectivity index (χ0n) is 12.7. The first-order valence-corrected chi connectivity index (χ1v) is 8.26. The van der Waals surface area contributed by atoms with E-state index in [2.05, 4.69) is 12.2 Å². The smallest absolute Gasteiger partial charge is 0.0897 e. The number of hydrogen-bond donors (Lipinski definition) is 2. The monoisotopic (exact) mass is 311 g/mol. The molecule has 3 nitrogen and oxygen atoms in total. The number of hydrogen-bond acceptors (Lipinski definition) is 3. The van der Waals surface area contributed by atoms with Crippen LogP contribution in [0.4, 0.5) is 0 Å². The summed E-state index contributed by atoms with van der Waals surface area (Å²) in [5.41, 5.74) is 1.07. The molecule has 2 N–H and O–H groups in total. The molecule has 1 unspecified atom stereocenters. The zero-order chi connectivity index (χ0) is 15.1. The van der Waals surface area contributed by atoms with Crippen molar-refractivity contribution in [2.75, 3.05) is 13.2 Å². The topological polar surface area (TPSA) is 41.5 Å². The third-order valence-corrected chi connectivity index (χ3v) is 4.53. The van der Waals surface area contributed by atoms with Gasteiger partial charge in [0.25, 0.3) is 0 Å². The van der Waals surface area contributed by atoms with E-state index in [0.29, 0.717) is 25.8 Å². The van der Waals surface area contributed by atoms with E-state index < -0.39 is 6.10 Å². The summed E-state index contributed by atoms with van der Waals surface area (Å²) in [5, 5.41) is 14.1. The van der Waals surface area contributed by atoms with Crippen molar-refractivity contribution in [1.29, 1.82) is 0 Å². The molecule has 118 valence electrons. The average molecular weight is 312 g/mol. The summed E-state index contributed by atoms with van der Waals surface area (Å²) in [6.07, 6.45) is 4.88. The molecule has 0 spiro atoms. The van der Waals surface area contributed by atoms with Gasteiger partial charge < -0.3 is 15.2 Å². The third kappa shape index (κ3) is 5.95. The minimum absolute atomic E-state index is 0.354. The molecule has 21 heavy (non-hydrogen) atoms. The Morgan fingerprint density at radius 1 is 1.29 bits per heavy atom. The van der Waals surface area contributed by atoms with Gasteiger partial charge in [0.2, 0.25) is 0 Å². The predicted molar refractivity (Wildman–Crippen MR) is 86.5 cm³/mol. The Bertz CT molecular complexity index is 404. The lowest BCUT2D eigenvalue weighted by Gasteiger charge is -2.22. The van der Waals surface area contributed by atoms with Crippen molar-refractivity contribution >= 4 is 11.6 Å². The van der Waals surface area contributed by atoms with Crippen molar-refractivity contribution in [1.82, 2.24) is 5.32 Å². The number of ether oxygens (including phenoxy) is 1. The van der Waals surface area contributed by atoms with Crippen molar-refractivity contribution in [3.05, 3.63) is 34.9 Å². The molecule has 0 amide bonds. The van der Waals surface area contributed by atoms with Crippen LogP contribution in [0, 0.1) is 5.92 Å². The van der Waals surface area contributed by atoms with E-state index >= 15 is 0 Å². The highest BCUT2D eigenvalue weighted by molar-refractivity contribution is 6.30. The van der Waals surface area contributed by atoms with Gasteiger partial charge in [-0.3, -0.25) is 0 Å². The van der Waals surface area contributed by atoms with Crippen LogP contribution in [-0.4, -0.2) is 30.4 Å². The van der Waals surface area contributed by atoms with Crippen LogP contribution in [0.25, 0.3) is 0 Å². The fourth-order valence-electron chi connectivity index (χ4n) is 2.90. The summed E-state index contributed by atoms with van der Waals surface area (Å²) in [4.78, 5) is 0. The van der Waals surface area contributed by atoms with Crippen LogP contribution in [0.3, 0.4) is 0 Å². The van der Waals surface area contributed by atoms with Gasteiger partial charge in [-0.1, -0.05) is 36.6 Å². The number of aliphatic hydroxyl groups is 1. The average Bonchev–Trinajstić information content (AvgIpc) is 3.01. The molecule has 2 atom stereocenters. The number of aliphatic hydroxyl groups excluding tert-OH is 1. The van der Waals surface area contributed by atoms with Gasteiger partial charge >= 0.3 is 0 Å². The summed E-state index contributed by atoms with van der Waals surface area (Å²) < 4.78 is 5.55. The molecular formula is C17H26ClNO2. The maximum absolute atomic E-state index is 9.95. The lowest BCUT2D eigenvalue weighted by Crippen LogP contribution is -2.39. The minimum atomic E-state index is -0.457. The Morgan fingerprint density at radius 2 is 1.95 bits per heavy atom. The van der Waals surface area contributed by atoms with Gasteiger partial charge in [0, 0.05) is 17.6 Å². The van der Waals surface area contributed by atoms with Crippen LogP contribution in [-0.2, 0) is 11.3 Å². The predicted octanol–water partition coefficient (Wildman–Crippen LogP) is 3.39. The Morgan fingerprint density at radius 3 is 2.62 bits per heavy atom. The molecule has 4 heteroatoms. The Hall–Kier alpha value is -0.610. The van der Waals surface area contributed by atoms with E-state index in [-0.39, 0.29) is 0 Å². The highest BCUT2D eigenvalue weighted by atomic mass is 35.5. The molecule has 1 fully saturated rings. The van der Waals surface area contributed by atoms with Crippen LogP contribution in [0.15, 0.2) is 24.3 Å². The third-order valence-electron chi connectivity index (χ3n) is 4.27. The molecule has 1 aromatic rings. The molecule has 1 aliphatic rings. The first-order chi connectivity index (χ1) is 10.1. The minimum Gasteiger partial charge on any atom is -0.389 e. The SMILES string of the molecule is C[C@H](NCC(O)COCc1ccc(Cl)cc1)C1CCCC1. The molecule has 0 aliphatic heterocycles. The molecule has 1 saturated carbocycles.